The van der Waals surface area contributed by atoms with Crippen molar-refractivity contribution in [2.45, 2.75) is 39.2 Å². The molecule has 16 heavy (non-hydrogen) atoms. The SMILES string of the molecule is CC[C@H](N)C(=O)NCCCc1cn[nH]c1C. The van der Waals surface area contributed by atoms with Crippen molar-refractivity contribution in [3.8, 4) is 0 Å². The van der Waals surface area contributed by atoms with Crippen LogP contribution >= 0.6 is 0 Å². The minimum absolute atomic E-state index is 0.0635. The second kappa shape index (κ2) is 6.27. The Morgan fingerprint density at radius 3 is 3.00 bits per heavy atom. The Hall–Kier alpha value is -1.36. The molecule has 0 unspecified atom stereocenters. The number of rotatable bonds is 6. The van der Waals surface area contributed by atoms with Gasteiger partial charge in [-0.05, 0) is 31.7 Å². The van der Waals surface area contributed by atoms with Gasteiger partial charge in [-0.15, -0.1) is 0 Å². The summed E-state index contributed by atoms with van der Waals surface area (Å²) in [5.41, 5.74) is 7.89. The average molecular weight is 224 g/mol. The summed E-state index contributed by atoms with van der Waals surface area (Å²) >= 11 is 0. The van der Waals surface area contributed by atoms with E-state index in [0.717, 1.165) is 18.5 Å². The van der Waals surface area contributed by atoms with E-state index in [9.17, 15) is 4.79 Å². The maximum absolute atomic E-state index is 11.3. The predicted molar refractivity (Wildman–Crippen MR) is 62.9 cm³/mol. The molecule has 0 aliphatic carbocycles. The van der Waals surface area contributed by atoms with Crippen molar-refractivity contribution < 1.29 is 4.79 Å². The Morgan fingerprint density at radius 2 is 2.44 bits per heavy atom. The van der Waals surface area contributed by atoms with Crippen LogP contribution in [0.2, 0.25) is 0 Å². The molecule has 0 aromatic carbocycles. The fourth-order valence-electron chi connectivity index (χ4n) is 1.43. The Bertz CT molecular complexity index is 334. The zero-order chi connectivity index (χ0) is 12.0. The van der Waals surface area contributed by atoms with Crippen LogP contribution in [0.1, 0.15) is 31.0 Å². The fourth-order valence-corrected chi connectivity index (χ4v) is 1.43. The van der Waals surface area contributed by atoms with Gasteiger partial charge in [-0.2, -0.15) is 5.10 Å². The van der Waals surface area contributed by atoms with E-state index in [4.69, 9.17) is 5.73 Å². The first-order chi connectivity index (χ1) is 7.65. The van der Waals surface area contributed by atoms with Crippen LogP contribution in [0.3, 0.4) is 0 Å². The van der Waals surface area contributed by atoms with Crippen LogP contribution in [0.25, 0.3) is 0 Å². The number of nitrogens with zero attached hydrogens (tertiary/aromatic N) is 1. The van der Waals surface area contributed by atoms with Gasteiger partial charge in [-0.1, -0.05) is 6.92 Å². The number of nitrogens with two attached hydrogens (primary N) is 1. The lowest BCUT2D eigenvalue weighted by atomic mass is 10.1. The van der Waals surface area contributed by atoms with Crippen LogP contribution < -0.4 is 11.1 Å². The summed E-state index contributed by atoms with van der Waals surface area (Å²) in [7, 11) is 0. The van der Waals surface area contributed by atoms with Gasteiger partial charge in [0.2, 0.25) is 5.91 Å². The van der Waals surface area contributed by atoms with Crippen LogP contribution in [0.4, 0.5) is 0 Å². The van der Waals surface area contributed by atoms with Crippen molar-refractivity contribution in [3.05, 3.63) is 17.5 Å². The van der Waals surface area contributed by atoms with Gasteiger partial charge >= 0.3 is 0 Å². The van der Waals surface area contributed by atoms with Crippen molar-refractivity contribution in [2.24, 2.45) is 5.73 Å². The average Bonchev–Trinajstić information content (AvgIpc) is 2.69. The highest BCUT2D eigenvalue weighted by Gasteiger charge is 2.09. The molecule has 0 fully saturated rings. The molecule has 0 aliphatic rings. The molecule has 1 atom stereocenters. The summed E-state index contributed by atoms with van der Waals surface area (Å²) in [6.45, 7) is 4.56. The Labute approximate surface area is 95.8 Å². The molecule has 0 saturated heterocycles. The van der Waals surface area contributed by atoms with E-state index in [1.807, 2.05) is 20.0 Å². The number of carbonyl (C=O) groups is 1. The molecule has 1 rings (SSSR count). The first kappa shape index (κ1) is 12.7. The van der Waals surface area contributed by atoms with E-state index >= 15 is 0 Å². The highest BCUT2D eigenvalue weighted by atomic mass is 16.2. The van der Waals surface area contributed by atoms with Gasteiger partial charge in [0, 0.05) is 12.2 Å². The summed E-state index contributed by atoms with van der Waals surface area (Å²) in [4.78, 5) is 11.3. The van der Waals surface area contributed by atoms with Gasteiger partial charge in [0.05, 0.1) is 12.2 Å². The molecule has 1 aromatic rings. The van der Waals surface area contributed by atoms with Gasteiger partial charge in [-0.25, -0.2) is 0 Å². The van der Waals surface area contributed by atoms with Crippen molar-refractivity contribution in [2.75, 3.05) is 6.54 Å². The summed E-state index contributed by atoms with van der Waals surface area (Å²) in [6.07, 6.45) is 4.33. The molecule has 1 aromatic heterocycles. The maximum atomic E-state index is 11.3. The summed E-state index contributed by atoms with van der Waals surface area (Å²) in [5.74, 6) is -0.0635. The standard InChI is InChI=1S/C11H20N4O/c1-3-10(12)11(16)13-6-4-5-9-7-14-15-8(9)2/h7,10H,3-6,12H2,1-2H3,(H,13,16)(H,14,15)/t10-/m0/s1. The van der Waals surface area contributed by atoms with Gasteiger partial charge in [0.25, 0.3) is 0 Å². The fraction of sp³-hybridized carbons (Fsp3) is 0.636. The van der Waals surface area contributed by atoms with Gasteiger partial charge in [0.15, 0.2) is 0 Å². The first-order valence-electron chi connectivity index (χ1n) is 5.67. The quantitative estimate of drug-likeness (QED) is 0.615. The highest BCUT2D eigenvalue weighted by Crippen LogP contribution is 2.04. The number of nitrogens with one attached hydrogen (secondary N) is 2. The number of amides is 1. The Morgan fingerprint density at radius 1 is 1.69 bits per heavy atom. The first-order valence-corrected chi connectivity index (χ1v) is 5.67. The summed E-state index contributed by atoms with van der Waals surface area (Å²) in [6, 6.07) is -0.379. The highest BCUT2D eigenvalue weighted by molar-refractivity contribution is 5.81. The zero-order valence-electron chi connectivity index (χ0n) is 9.92. The number of hydrogen-bond acceptors (Lipinski definition) is 3. The van der Waals surface area contributed by atoms with Gasteiger partial charge in [0.1, 0.15) is 0 Å². The lowest BCUT2D eigenvalue weighted by molar-refractivity contribution is -0.122. The van der Waals surface area contributed by atoms with Crippen LogP contribution in [0.5, 0.6) is 0 Å². The normalized spacial score (nSPS) is 12.4. The van der Waals surface area contributed by atoms with Gasteiger partial charge < -0.3 is 11.1 Å². The molecule has 5 heteroatoms. The molecule has 5 nitrogen and oxygen atoms in total. The molecule has 1 amide bonds. The third-order valence-corrected chi connectivity index (χ3v) is 2.63. The molecule has 1 heterocycles. The van der Waals surface area contributed by atoms with Crippen LogP contribution in [0, 0.1) is 6.92 Å². The Kier molecular flexibility index (Phi) is 4.98. The lowest BCUT2D eigenvalue weighted by Crippen LogP contribution is -2.40. The smallest absolute Gasteiger partial charge is 0.236 e. The van der Waals surface area contributed by atoms with E-state index < -0.39 is 0 Å². The second-order valence-electron chi connectivity index (χ2n) is 3.93. The topological polar surface area (TPSA) is 83.8 Å². The van der Waals surface area contributed by atoms with Crippen LogP contribution in [-0.2, 0) is 11.2 Å². The largest absolute Gasteiger partial charge is 0.355 e. The number of hydrogen-bond donors (Lipinski definition) is 3. The Balaban J connectivity index is 2.17. The predicted octanol–water partition coefficient (Wildman–Crippen LogP) is 0.504. The summed E-state index contributed by atoms with van der Waals surface area (Å²) < 4.78 is 0. The minimum atomic E-state index is -0.379. The molecule has 0 spiro atoms. The summed E-state index contributed by atoms with van der Waals surface area (Å²) in [5, 5.41) is 9.65. The monoisotopic (exact) mass is 224 g/mol. The number of aromatic amines is 1. The van der Waals surface area contributed by atoms with E-state index in [1.165, 1.54) is 5.56 Å². The molecule has 0 aliphatic heterocycles. The number of carbonyl (C=O) groups excluding carboxylic acids is 1. The van der Waals surface area contributed by atoms with Gasteiger partial charge in [-0.3, -0.25) is 9.89 Å². The van der Waals surface area contributed by atoms with Crippen molar-refractivity contribution in [3.63, 3.8) is 0 Å². The molecule has 0 saturated carbocycles. The van der Waals surface area contributed by atoms with Crippen LogP contribution in [-0.4, -0.2) is 28.7 Å². The van der Waals surface area contributed by atoms with E-state index in [0.29, 0.717) is 13.0 Å². The zero-order valence-corrected chi connectivity index (χ0v) is 9.92. The molecule has 0 bridgehead atoms. The van der Waals surface area contributed by atoms with E-state index in [2.05, 4.69) is 15.5 Å². The molecule has 0 radical (unpaired) electrons. The molecular formula is C11H20N4O. The van der Waals surface area contributed by atoms with Crippen molar-refractivity contribution >= 4 is 5.91 Å². The van der Waals surface area contributed by atoms with Crippen LogP contribution in [0.15, 0.2) is 6.20 Å². The molecule has 90 valence electrons. The molecule has 4 N–H and O–H groups in total. The van der Waals surface area contributed by atoms with Crippen molar-refractivity contribution in [1.82, 2.24) is 15.5 Å². The third kappa shape index (κ3) is 3.66. The van der Waals surface area contributed by atoms with Crippen molar-refractivity contribution in [1.29, 1.82) is 0 Å². The minimum Gasteiger partial charge on any atom is -0.355 e. The lowest BCUT2D eigenvalue weighted by Gasteiger charge is -2.09. The number of aromatic nitrogens is 2. The van der Waals surface area contributed by atoms with E-state index in [-0.39, 0.29) is 11.9 Å². The number of aryl methyl sites for hydroxylation is 2. The maximum Gasteiger partial charge on any atom is 0.236 e. The third-order valence-electron chi connectivity index (χ3n) is 2.63. The molecular weight excluding hydrogens is 204 g/mol. The number of H-pyrrole nitrogens is 1. The second-order valence-corrected chi connectivity index (χ2v) is 3.93. The van der Waals surface area contributed by atoms with E-state index in [1.54, 1.807) is 0 Å².